The molecule has 0 N–H and O–H groups in total. The third-order valence-corrected chi connectivity index (χ3v) is 6.27. The van der Waals surface area contributed by atoms with E-state index < -0.39 is 6.04 Å². The highest BCUT2D eigenvalue weighted by Gasteiger charge is 2.43. The summed E-state index contributed by atoms with van der Waals surface area (Å²) in [6, 6.07) is 21.3. The van der Waals surface area contributed by atoms with Gasteiger partial charge >= 0.3 is 0 Å². The maximum Gasteiger partial charge on any atom is 0.295 e. The van der Waals surface area contributed by atoms with Gasteiger partial charge in [0.15, 0.2) is 5.43 Å². The van der Waals surface area contributed by atoms with Gasteiger partial charge in [0.05, 0.1) is 17.0 Å². The standard InChI is InChI=1S/C24H16ClNO3S/c1-30-17-11-9-14(10-12-17)21-20-22(27)18-7-2-3-8-19(18)29-23(20)24(28)26(21)16-6-4-5-15(25)13-16/h2-13,21H,1H3. The molecular weight excluding hydrogens is 418 g/mol. The van der Waals surface area contributed by atoms with E-state index in [1.165, 1.54) is 0 Å². The summed E-state index contributed by atoms with van der Waals surface area (Å²) in [5.74, 6) is -0.272. The van der Waals surface area contributed by atoms with Crippen LogP contribution < -0.4 is 10.3 Å². The van der Waals surface area contributed by atoms with Crippen molar-refractivity contribution in [2.24, 2.45) is 0 Å². The molecule has 0 fully saturated rings. The number of hydrogen-bond acceptors (Lipinski definition) is 4. The maximum absolute atomic E-state index is 13.5. The van der Waals surface area contributed by atoms with Gasteiger partial charge in [0.2, 0.25) is 5.76 Å². The van der Waals surface area contributed by atoms with Crippen LogP contribution >= 0.6 is 23.4 Å². The molecule has 30 heavy (non-hydrogen) atoms. The number of halogens is 1. The van der Waals surface area contributed by atoms with Crippen molar-refractivity contribution in [1.82, 2.24) is 0 Å². The molecule has 0 radical (unpaired) electrons. The summed E-state index contributed by atoms with van der Waals surface area (Å²) in [5, 5.41) is 0.972. The van der Waals surface area contributed by atoms with E-state index in [9.17, 15) is 9.59 Å². The lowest BCUT2D eigenvalue weighted by Crippen LogP contribution is -2.29. The van der Waals surface area contributed by atoms with Gasteiger partial charge in [0, 0.05) is 15.6 Å². The minimum atomic E-state index is -0.595. The first-order valence-corrected chi connectivity index (χ1v) is 11.0. The third-order valence-electron chi connectivity index (χ3n) is 5.30. The maximum atomic E-state index is 13.5. The van der Waals surface area contributed by atoms with Crippen LogP contribution in [-0.4, -0.2) is 12.2 Å². The van der Waals surface area contributed by atoms with Crippen molar-refractivity contribution in [3.63, 3.8) is 0 Å². The van der Waals surface area contributed by atoms with E-state index in [2.05, 4.69) is 0 Å². The van der Waals surface area contributed by atoms with Crippen LogP contribution in [0.2, 0.25) is 5.02 Å². The number of rotatable bonds is 3. The number of thioether (sulfide) groups is 1. The van der Waals surface area contributed by atoms with Crippen molar-refractivity contribution in [1.29, 1.82) is 0 Å². The summed E-state index contributed by atoms with van der Waals surface area (Å²) in [6.07, 6.45) is 2.00. The van der Waals surface area contributed by atoms with Crippen LogP contribution in [0, 0.1) is 0 Å². The second-order valence-electron chi connectivity index (χ2n) is 7.00. The molecule has 2 heterocycles. The van der Waals surface area contributed by atoms with Crippen LogP contribution in [0.4, 0.5) is 5.69 Å². The summed E-state index contributed by atoms with van der Waals surface area (Å²) in [6.45, 7) is 0. The second-order valence-corrected chi connectivity index (χ2v) is 8.32. The van der Waals surface area contributed by atoms with E-state index >= 15 is 0 Å². The van der Waals surface area contributed by atoms with Crippen LogP contribution in [-0.2, 0) is 0 Å². The van der Waals surface area contributed by atoms with Crippen molar-refractivity contribution in [3.05, 3.63) is 105 Å². The van der Waals surface area contributed by atoms with Gasteiger partial charge in [0.25, 0.3) is 5.91 Å². The fraction of sp³-hybridized carbons (Fsp3) is 0.0833. The van der Waals surface area contributed by atoms with Crippen molar-refractivity contribution < 1.29 is 9.21 Å². The molecule has 5 rings (SSSR count). The average Bonchev–Trinajstić information content (AvgIpc) is 3.06. The zero-order chi connectivity index (χ0) is 20.8. The topological polar surface area (TPSA) is 50.5 Å². The molecule has 1 amide bonds. The molecule has 1 aliphatic heterocycles. The number of benzene rings is 3. The van der Waals surface area contributed by atoms with E-state index in [0.717, 1.165) is 10.5 Å². The zero-order valence-electron chi connectivity index (χ0n) is 16.0. The van der Waals surface area contributed by atoms with Gasteiger partial charge in [-0.3, -0.25) is 14.5 Å². The van der Waals surface area contributed by atoms with Crippen LogP contribution in [0.15, 0.2) is 86.9 Å². The number of hydrogen-bond donors (Lipinski definition) is 0. The molecule has 3 aromatic carbocycles. The monoisotopic (exact) mass is 433 g/mol. The summed E-state index contributed by atoms with van der Waals surface area (Å²) in [5.41, 5.74) is 2.02. The molecule has 0 bridgehead atoms. The lowest BCUT2D eigenvalue weighted by Gasteiger charge is -2.25. The van der Waals surface area contributed by atoms with E-state index in [0.29, 0.717) is 27.2 Å². The smallest absolute Gasteiger partial charge is 0.295 e. The minimum Gasteiger partial charge on any atom is -0.450 e. The van der Waals surface area contributed by atoms with Crippen molar-refractivity contribution >= 4 is 45.9 Å². The highest BCUT2D eigenvalue weighted by Crippen LogP contribution is 2.41. The van der Waals surface area contributed by atoms with Crippen LogP contribution in [0.5, 0.6) is 0 Å². The molecule has 4 nitrogen and oxygen atoms in total. The molecule has 1 aromatic heterocycles. The molecule has 0 aliphatic carbocycles. The zero-order valence-corrected chi connectivity index (χ0v) is 17.5. The van der Waals surface area contributed by atoms with E-state index in [4.69, 9.17) is 16.0 Å². The number of anilines is 1. The minimum absolute atomic E-state index is 0.0811. The SMILES string of the molecule is CSc1ccc(C2c3c(oc4ccccc4c3=O)C(=O)N2c2cccc(Cl)c2)cc1. The van der Waals surface area contributed by atoms with Crippen molar-refractivity contribution in [2.45, 2.75) is 10.9 Å². The molecule has 1 unspecified atom stereocenters. The predicted molar refractivity (Wildman–Crippen MR) is 121 cm³/mol. The lowest BCUT2D eigenvalue weighted by atomic mass is 9.98. The first-order valence-electron chi connectivity index (χ1n) is 9.37. The Kier molecular flexibility index (Phi) is 4.65. The molecule has 0 saturated carbocycles. The van der Waals surface area contributed by atoms with Crippen LogP contribution in [0.3, 0.4) is 0 Å². The number of fused-ring (bicyclic) bond motifs is 2. The average molecular weight is 434 g/mol. The quantitative estimate of drug-likeness (QED) is 0.376. The van der Waals surface area contributed by atoms with Crippen LogP contribution in [0.1, 0.15) is 27.7 Å². The van der Waals surface area contributed by atoms with Gasteiger partial charge in [-0.05, 0) is 54.3 Å². The van der Waals surface area contributed by atoms with E-state index in [-0.39, 0.29) is 17.1 Å². The van der Waals surface area contributed by atoms with Gasteiger partial charge in [-0.25, -0.2) is 0 Å². The Morgan fingerprint density at radius 1 is 0.967 bits per heavy atom. The van der Waals surface area contributed by atoms with Crippen LogP contribution in [0.25, 0.3) is 11.0 Å². The summed E-state index contributed by atoms with van der Waals surface area (Å²) in [7, 11) is 0. The Balaban J connectivity index is 1.80. The van der Waals surface area contributed by atoms with Gasteiger partial charge in [-0.2, -0.15) is 0 Å². The Labute approximate surface area is 182 Å². The predicted octanol–water partition coefficient (Wildman–Crippen LogP) is 5.92. The van der Waals surface area contributed by atoms with Crippen molar-refractivity contribution in [2.75, 3.05) is 11.2 Å². The number of amides is 1. The largest absolute Gasteiger partial charge is 0.450 e. The Hall–Kier alpha value is -3.02. The molecule has 148 valence electrons. The highest BCUT2D eigenvalue weighted by molar-refractivity contribution is 7.98. The van der Waals surface area contributed by atoms with Gasteiger partial charge in [0.1, 0.15) is 5.58 Å². The van der Waals surface area contributed by atoms with E-state index in [1.54, 1.807) is 59.1 Å². The molecule has 6 heteroatoms. The van der Waals surface area contributed by atoms with Crippen molar-refractivity contribution in [3.8, 4) is 0 Å². The second kappa shape index (κ2) is 7.35. The van der Waals surface area contributed by atoms with Gasteiger partial charge in [-0.1, -0.05) is 41.9 Å². The summed E-state index contributed by atoms with van der Waals surface area (Å²) < 4.78 is 5.95. The first-order chi connectivity index (χ1) is 14.6. The first kappa shape index (κ1) is 19.0. The van der Waals surface area contributed by atoms with Gasteiger partial charge in [-0.15, -0.1) is 11.8 Å². The molecule has 4 aromatic rings. The molecule has 1 atom stereocenters. The normalized spacial score (nSPS) is 15.6. The molecular formula is C24H16ClNO3S. The fourth-order valence-corrected chi connectivity index (χ4v) is 4.51. The lowest BCUT2D eigenvalue weighted by molar-refractivity contribution is 0.0971. The Bertz CT molecular complexity index is 1350. The third kappa shape index (κ3) is 2.93. The summed E-state index contributed by atoms with van der Waals surface area (Å²) in [4.78, 5) is 29.6. The molecule has 1 aliphatic rings. The summed E-state index contributed by atoms with van der Waals surface area (Å²) >= 11 is 7.84. The Morgan fingerprint density at radius 3 is 2.47 bits per heavy atom. The number of para-hydroxylation sites is 1. The highest BCUT2D eigenvalue weighted by atomic mass is 35.5. The van der Waals surface area contributed by atoms with Gasteiger partial charge < -0.3 is 4.42 Å². The number of nitrogens with zero attached hydrogens (tertiary/aromatic N) is 1. The molecule has 0 spiro atoms. The number of carbonyl (C=O) groups is 1. The molecule has 0 saturated heterocycles. The van der Waals surface area contributed by atoms with E-state index in [1.807, 2.05) is 36.6 Å². The number of carbonyl (C=O) groups excluding carboxylic acids is 1. The fourth-order valence-electron chi connectivity index (χ4n) is 3.91. The Morgan fingerprint density at radius 2 is 1.73 bits per heavy atom.